The molecule has 1 saturated carbocycles. The van der Waals surface area contributed by atoms with Gasteiger partial charge in [0.15, 0.2) is 5.82 Å². The van der Waals surface area contributed by atoms with E-state index in [1.54, 1.807) is 19.2 Å². The van der Waals surface area contributed by atoms with Crippen molar-refractivity contribution < 1.29 is 28.5 Å². The van der Waals surface area contributed by atoms with Crippen LogP contribution in [0.15, 0.2) is 158 Å². The number of fused-ring (bicyclic) bond motifs is 1. The van der Waals surface area contributed by atoms with Gasteiger partial charge in [0, 0.05) is 12.5 Å². The van der Waals surface area contributed by atoms with Gasteiger partial charge in [-0.3, -0.25) is 4.57 Å². The van der Waals surface area contributed by atoms with Gasteiger partial charge in [0.1, 0.15) is 11.6 Å². The summed E-state index contributed by atoms with van der Waals surface area (Å²) in [6.07, 6.45) is 2.53. The number of para-hydroxylation sites is 1. The first kappa shape index (κ1) is 40.8. The van der Waals surface area contributed by atoms with Gasteiger partial charge in [-0.15, -0.1) is 5.10 Å². The highest BCUT2D eigenvalue weighted by molar-refractivity contribution is 6.02. The van der Waals surface area contributed by atoms with Gasteiger partial charge in [-0.2, -0.15) is 4.98 Å². The molecule has 2 heterocycles. The molecule has 12 heteroatoms. The van der Waals surface area contributed by atoms with Gasteiger partial charge in [0.05, 0.1) is 30.3 Å². The number of methoxy groups -OCH3 is 1. The zero-order valence-corrected chi connectivity index (χ0v) is 35.0. The lowest BCUT2D eigenvalue weighted by Gasteiger charge is -2.36. The van der Waals surface area contributed by atoms with Crippen LogP contribution in [-0.4, -0.2) is 61.4 Å². The van der Waals surface area contributed by atoms with Crippen LogP contribution in [0.4, 0.5) is 4.79 Å². The first-order valence-corrected chi connectivity index (χ1v) is 21.2. The van der Waals surface area contributed by atoms with Gasteiger partial charge in [-0.1, -0.05) is 152 Å². The third kappa shape index (κ3) is 8.15. The average Bonchev–Trinajstić information content (AvgIpc) is 3.96. The molecule has 0 radical (unpaired) electrons. The van der Waals surface area contributed by atoms with Gasteiger partial charge in [-0.05, 0) is 81.6 Å². The van der Waals surface area contributed by atoms with Crippen LogP contribution in [0.25, 0.3) is 33.5 Å². The number of carbonyl (C=O) groups is 2. The van der Waals surface area contributed by atoms with Gasteiger partial charge < -0.3 is 18.9 Å². The maximum absolute atomic E-state index is 13.6. The number of aromatic nitrogens is 6. The highest BCUT2D eigenvalue weighted by Gasteiger charge is 2.42. The Morgan fingerprint density at radius 1 is 0.698 bits per heavy atom. The molecule has 1 unspecified atom stereocenters. The summed E-state index contributed by atoms with van der Waals surface area (Å²) in [5.41, 5.74) is 7.12. The highest BCUT2D eigenvalue weighted by Crippen LogP contribution is 2.43. The highest BCUT2D eigenvalue weighted by atomic mass is 16.8. The third-order valence-corrected chi connectivity index (χ3v) is 11.6. The molecular formula is C51H46N6O6. The molecule has 0 bridgehead atoms. The van der Waals surface area contributed by atoms with E-state index in [4.69, 9.17) is 29.3 Å². The molecule has 0 N–H and O–H groups in total. The number of hydrogen-bond donors (Lipinski definition) is 0. The molecule has 0 amide bonds. The van der Waals surface area contributed by atoms with Crippen molar-refractivity contribution in [2.75, 3.05) is 7.11 Å². The van der Waals surface area contributed by atoms with Crippen molar-refractivity contribution in [3.05, 3.63) is 186 Å². The molecular weight excluding hydrogens is 793 g/mol. The molecule has 0 aliphatic heterocycles. The topological polar surface area (TPSA) is 132 Å². The Hall–Kier alpha value is -7.60. The lowest BCUT2D eigenvalue weighted by atomic mass is 9.77. The number of hydrogen-bond acceptors (Lipinski definition) is 10. The van der Waals surface area contributed by atoms with E-state index in [1.165, 1.54) is 6.92 Å². The molecule has 316 valence electrons. The monoisotopic (exact) mass is 838 g/mol. The van der Waals surface area contributed by atoms with Gasteiger partial charge in [0.2, 0.25) is 6.29 Å². The van der Waals surface area contributed by atoms with E-state index in [0.29, 0.717) is 29.4 Å². The summed E-state index contributed by atoms with van der Waals surface area (Å²) in [5.74, 6) is -0.0754. The maximum atomic E-state index is 13.6. The Kier molecular flexibility index (Phi) is 11.8. The molecule has 12 nitrogen and oxygen atoms in total. The van der Waals surface area contributed by atoms with Crippen LogP contribution in [-0.2, 0) is 26.3 Å². The second-order valence-corrected chi connectivity index (χ2v) is 15.5. The number of rotatable bonds is 13. The zero-order chi connectivity index (χ0) is 43.2. The van der Waals surface area contributed by atoms with Gasteiger partial charge in [-0.25, -0.2) is 14.3 Å². The summed E-state index contributed by atoms with van der Waals surface area (Å²) in [5, 5.41) is 13.8. The van der Waals surface area contributed by atoms with Crippen LogP contribution in [0.3, 0.4) is 0 Å². The fourth-order valence-electron chi connectivity index (χ4n) is 8.74. The van der Waals surface area contributed by atoms with E-state index < -0.39 is 24.0 Å². The molecule has 6 aromatic carbocycles. The maximum Gasteiger partial charge on any atom is 0.511 e. The molecule has 1 aliphatic carbocycles. The van der Waals surface area contributed by atoms with Crippen LogP contribution in [0.2, 0.25) is 0 Å². The molecule has 0 saturated heterocycles. The Bertz CT molecular complexity index is 2720. The second kappa shape index (κ2) is 18.2. The Morgan fingerprint density at radius 2 is 1.30 bits per heavy atom. The van der Waals surface area contributed by atoms with Crippen LogP contribution >= 0.6 is 0 Å². The molecule has 2 aromatic heterocycles. The second-order valence-electron chi connectivity index (χ2n) is 15.5. The quantitative estimate of drug-likeness (QED) is 0.0628. The fraction of sp³-hybridized carbons (Fsp3) is 0.216. The number of esters is 1. The lowest BCUT2D eigenvalue weighted by Crippen LogP contribution is -2.39. The van der Waals surface area contributed by atoms with Crippen molar-refractivity contribution in [2.45, 2.75) is 63.5 Å². The van der Waals surface area contributed by atoms with Crippen LogP contribution in [0.5, 0.6) is 6.01 Å². The summed E-state index contributed by atoms with van der Waals surface area (Å²) in [4.78, 5) is 30.8. The van der Waals surface area contributed by atoms with Crippen molar-refractivity contribution in [3.8, 4) is 28.5 Å². The number of imidazole rings is 1. The molecule has 1 fully saturated rings. The Balaban J connectivity index is 1.03. The summed E-state index contributed by atoms with van der Waals surface area (Å²) in [6, 6.07) is 52.8. The summed E-state index contributed by atoms with van der Waals surface area (Å²) < 4.78 is 25.9. The van der Waals surface area contributed by atoms with E-state index in [0.717, 1.165) is 71.0 Å². The molecule has 9 rings (SSSR count). The van der Waals surface area contributed by atoms with Gasteiger partial charge >= 0.3 is 12.1 Å². The van der Waals surface area contributed by atoms with E-state index >= 15 is 0 Å². The van der Waals surface area contributed by atoms with Crippen molar-refractivity contribution in [1.29, 1.82) is 0 Å². The predicted molar refractivity (Wildman–Crippen MR) is 238 cm³/mol. The average molecular weight is 839 g/mol. The van der Waals surface area contributed by atoms with Crippen LogP contribution in [0.1, 0.15) is 71.6 Å². The minimum Gasteiger partial charge on any atom is -0.468 e. The van der Waals surface area contributed by atoms with Crippen molar-refractivity contribution >= 4 is 23.2 Å². The number of benzene rings is 6. The summed E-state index contributed by atoms with van der Waals surface area (Å²) in [6.45, 7) is 1.82. The van der Waals surface area contributed by atoms with Crippen molar-refractivity contribution in [2.24, 2.45) is 0 Å². The van der Waals surface area contributed by atoms with E-state index in [-0.39, 0.29) is 11.7 Å². The van der Waals surface area contributed by atoms with Crippen LogP contribution in [0, 0.1) is 0 Å². The minimum atomic E-state index is -1.17. The first-order valence-electron chi connectivity index (χ1n) is 21.2. The fourth-order valence-corrected chi connectivity index (χ4v) is 8.74. The normalized spacial score (nSPS) is 13.6. The smallest absolute Gasteiger partial charge is 0.468 e. The number of tetrazole rings is 1. The Labute approximate surface area is 365 Å². The summed E-state index contributed by atoms with van der Waals surface area (Å²) in [7, 11) is 1.54. The third-order valence-electron chi connectivity index (χ3n) is 11.6. The number of nitrogens with zero attached hydrogens (tertiary/aromatic N) is 6. The van der Waals surface area contributed by atoms with Crippen molar-refractivity contribution in [1.82, 2.24) is 29.8 Å². The lowest BCUT2D eigenvalue weighted by molar-refractivity contribution is -0.0914. The van der Waals surface area contributed by atoms with E-state index in [2.05, 4.69) is 64.8 Å². The molecule has 0 spiro atoms. The Morgan fingerprint density at radius 3 is 1.92 bits per heavy atom. The first-order chi connectivity index (χ1) is 30.9. The zero-order valence-electron chi connectivity index (χ0n) is 35.0. The molecule has 8 aromatic rings. The number of ether oxygens (including phenoxy) is 4. The molecule has 1 aliphatic rings. The predicted octanol–water partition coefficient (Wildman–Crippen LogP) is 10.2. The molecule has 1 atom stereocenters. The minimum absolute atomic E-state index is 0.183. The molecule has 63 heavy (non-hydrogen) atoms. The van der Waals surface area contributed by atoms with E-state index in [9.17, 15) is 9.59 Å². The summed E-state index contributed by atoms with van der Waals surface area (Å²) >= 11 is 0. The van der Waals surface area contributed by atoms with Crippen LogP contribution < -0.4 is 4.74 Å². The standard InChI is InChI=1S/C51H46N6O6/c1-35(62-50(59)63-41-24-13-6-14-25-41)61-48(58)44-28-17-29-45-46(44)56(49(52-45)60-2)34-36-30-32-37(33-31-36)42-26-15-16-27-43(42)47-53-54-55-57(47)51(38-18-7-3-8-19-38,39-20-9-4-10-21-39)40-22-11-5-12-23-40/h3-5,7-12,15-23,26-33,35,41H,6,13-14,24-25,34H2,1-2H3. The number of carbonyl (C=O) groups excluding carboxylic acids is 2. The van der Waals surface area contributed by atoms with Crippen molar-refractivity contribution in [3.63, 3.8) is 0 Å². The SMILES string of the molecule is COc1nc2cccc(C(=O)OC(C)OC(=O)OC3CCCCC3)c2n1Cc1ccc(-c2ccccc2-c2nnnn2C(c2ccccc2)(c2ccccc2)c2ccccc2)cc1. The largest absolute Gasteiger partial charge is 0.511 e. The van der Waals surface area contributed by atoms with Gasteiger partial charge in [0.25, 0.3) is 6.01 Å². The van der Waals surface area contributed by atoms with E-state index in [1.807, 2.05) is 100 Å².